The van der Waals surface area contributed by atoms with Crippen LogP contribution in [0, 0.1) is 5.92 Å². The molecule has 2 atom stereocenters. The van der Waals surface area contributed by atoms with Gasteiger partial charge in [0.2, 0.25) is 0 Å². The van der Waals surface area contributed by atoms with Gasteiger partial charge in [-0.05, 0) is 12.3 Å². The van der Waals surface area contributed by atoms with Gasteiger partial charge >= 0.3 is 0 Å². The van der Waals surface area contributed by atoms with Crippen LogP contribution in [0.25, 0.3) is 0 Å². The van der Waals surface area contributed by atoms with Crippen molar-refractivity contribution in [1.82, 2.24) is 4.90 Å². The van der Waals surface area contributed by atoms with Crippen LogP contribution in [0.2, 0.25) is 0 Å². The SMILES string of the molecule is O=S1(=O)CC[C@H]2CN(CCI)C[C@H]21. The van der Waals surface area contributed by atoms with Gasteiger partial charge in [-0.1, -0.05) is 22.6 Å². The first-order valence-electron chi connectivity index (χ1n) is 4.63. The first kappa shape index (κ1) is 10.2. The van der Waals surface area contributed by atoms with E-state index >= 15 is 0 Å². The predicted molar refractivity (Wildman–Crippen MR) is 61.0 cm³/mol. The zero-order valence-electron chi connectivity index (χ0n) is 7.45. The Morgan fingerprint density at radius 2 is 2.15 bits per heavy atom. The van der Waals surface area contributed by atoms with Gasteiger partial charge in [0.15, 0.2) is 9.84 Å². The molecule has 0 radical (unpaired) electrons. The maximum atomic E-state index is 11.6. The van der Waals surface area contributed by atoms with E-state index in [0.29, 0.717) is 11.7 Å². The Hall–Kier alpha value is 0.640. The minimum atomic E-state index is -2.72. The zero-order chi connectivity index (χ0) is 9.47. The molecule has 2 fully saturated rings. The van der Waals surface area contributed by atoms with Crippen LogP contribution in [0.15, 0.2) is 0 Å². The molecule has 13 heavy (non-hydrogen) atoms. The molecule has 76 valence electrons. The second-order valence-corrected chi connectivity index (χ2v) is 7.32. The van der Waals surface area contributed by atoms with Crippen LogP contribution in [0.4, 0.5) is 0 Å². The first-order valence-corrected chi connectivity index (χ1v) is 7.87. The van der Waals surface area contributed by atoms with Gasteiger partial charge in [-0.15, -0.1) is 0 Å². The largest absolute Gasteiger partial charge is 0.301 e. The standard InChI is InChI=1S/C8H14INO2S/c9-2-3-10-5-7-1-4-13(11,12)8(7)6-10/h7-8H,1-6H2/t7-,8+/m0/s1. The summed E-state index contributed by atoms with van der Waals surface area (Å²) >= 11 is 2.34. The van der Waals surface area contributed by atoms with Crippen LogP contribution in [-0.2, 0) is 9.84 Å². The third-order valence-electron chi connectivity index (χ3n) is 3.09. The van der Waals surface area contributed by atoms with Gasteiger partial charge in [-0.2, -0.15) is 0 Å². The third kappa shape index (κ3) is 1.87. The normalized spacial score (nSPS) is 37.9. The molecule has 2 aliphatic heterocycles. The molecular weight excluding hydrogens is 301 g/mol. The topological polar surface area (TPSA) is 37.4 Å². The number of hydrogen-bond donors (Lipinski definition) is 0. The molecule has 3 nitrogen and oxygen atoms in total. The van der Waals surface area contributed by atoms with Crippen LogP contribution < -0.4 is 0 Å². The van der Waals surface area contributed by atoms with E-state index in [1.165, 1.54) is 0 Å². The Labute approximate surface area is 92.9 Å². The smallest absolute Gasteiger partial charge is 0.154 e. The van der Waals surface area contributed by atoms with E-state index in [4.69, 9.17) is 0 Å². The third-order valence-corrected chi connectivity index (χ3v) is 5.84. The lowest BCUT2D eigenvalue weighted by Gasteiger charge is -2.14. The van der Waals surface area contributed by atoms with Crippen molar-refractivity contribution < 1.29 is 8.42 Å². The van der Waals surface area contributed by atoms with E-state index < -0.39 is 9.84 Å². The van der Waals surface area contributed by atoms with Crippen molar-refractivity contribution >= 4 is 32.4 Å². The van der Waals surface area contributed by atoms with Gasteiger partial charge in [0.1, 0.15) is 0 Å². The number of hydrogen-bond acceptors (Lipinski definition) is 3. The molecule has 5 heteroatoms. The highest BCUT2D eigenvalue weighted by Crippen LogP contribution is 2.33. The molecule has 0 aliphatic carbocycles. The number of nitrogens with zero attached hydrogens (tertiary/aromatic N) is 1. The van der Waals surface area contributed by atoms with E-state index in [-0.39, 0.29) is 5.25 Å². The average Bonchev–Trinajstić information content (AvgIpc) is 2.55. The van der Waals surface area contributed by atoms with E-state index in [2.05, 4.69) is 27.5 Å². The predicted octanol–water partition coefficient (Wildman–Crippen LogP) is 0.540. The van der Waals surface area contributed by atoms with E-state index in [9.17, 15) is 8.42 Å². The number of alkyl halides is 1. The Morgan fingerprint density at radius 3 is 2.77 bits per heavy atom. The fourth-order valence-electron chi connectivity index (χ4n) is 2.38. The molecule has 0 aromatic carbocycles. The van der Waals surface area contributed by atoms with Crippen molar-refractivity contribution in [2.75, 3.05) is 29.8 Å². The van der Waals surface area contributed by atoms with Gasteiger partial charge in [-0.25, -0.2) is 8.42 Å². The monoisotopic (exact) mass is 315 g/mol. The Morgan fingerprint density at radius 1 is 1.38 bits per heavy atom. The summed E-state index contributed by atoms with van der Waals surface area (Å²) in [6, 6.07) is 0. The van der Waals surface area contributed by atoms with Crippen LogP contribution in [-0.4, -0.2) is 48.4 Å². The number of rotatable bonds is 2. The lowest BCUT2D eigenvalue weighted by atomic mass is 10.1. The average molecular weight is 315 g/mol. The van der Waals surface area contributed by atoms with Gasteiger partial charge in [-0.3, -0.25) is 0 Å². The molecular formula is C8H14INO2S. The fraction of sp³-hybridized carbons (Fsp3) is 1.00. The zero-order valence-corrected chi connectivity index (χ0v) is 10.4. The molecule has 0 unspecified atom stereocenters. The summed E-state index contributed by atoms with van der Waals surface area (Å²) < 4.78 is 24.2. The highest BCUT2D eigenvalue weighted by Gasteiger charge is 2.45. The lowest BCUT2D eigenvalue weighted by molar-refractivity contribution is 0.344. The fourth-order valence-corrected chi connectivity index (χ4v) is 5.24. The summed E-state index contributed by atoms with van der Waals surface area (Å²) in [5, 5.41) is -0.0320. The molecule has 0 aromatic rings. The van der Waals surface area contributed by atoms with E-state index in [0.717, 1.165) is 30.5 Å². The molecule has 0 spiro atoms. The summed E-state index contributed by atoms with van der Waals surface area (Å²) in [6.07, 6.45) is 0.894. The summed E-state index contributed by atoms with van der Waals surface area (Å²) in [6.45, 7) is 2.84. The maximum Gasteiger partial charge on any atom is 0.154 e. The minimum Gasteiger partial charge on any atom is -0.301 e. The molecule has 2 aliphatic rings. The number of sulfone groups is 1. The second kappa shape index (κ2) is 3.66. The summed E-state index contributed by atoms with van der Waals surface area (Å²) in [5.41, 5.74) is 0. The first-order chi connectivity index (χ1) is 6.13. The molecule has 2 heterocycles. The van der Waals surface area contributed by atoms with Gasteiger partial charge in [0, 0.05) is 24.1 Å². The van der Waals surface area contributed by atoms with Crippen LogP contribution in [0.5, 0.6) is 0 Å². The molecule has 2 rings (SSSR count). The lowest BCUT2D eigenvalue weighted by Crippen LogP contribution is -2.27. The number of likely N-dealkylation sites (tertiary alicyclic amines) is 1. The van der Waals surface area contributed by atoms with Gasteiger partial charge in [0.05, 0.1) is 11.0 Å². The molecule has 0 N–H and O–H groups in total. The second-order valence-electron chi connectivity index (χ2n) is 3.90. The Bertz CT molecular complexity index is 291. The number of halogens is 1. The quantitative estimate of drug-likeness (QED) is 0.551. The number of fused-ring (bicyclic) bond motifs is 1. The van der Waals surface area contributed by atoms with Crippen LogP contribution >= 0.6 is 22.6 Å². The highest BCUT2D eigenvalue weighted by molar-refractivity contribution is 14.1. The van der Waals surface area contributed by atoms with Crippen LogP contribution in [0.3, 0.4) is 0 Å². The molecule has 0 aromatic heterocycles. The van der Waals surface area contributed by atoms with Gasteiger partial charge < -0.3 is 4.90 Å². The van der Waals surface area contributed by atoms with Crippen molar-refractivity contribution in [3.63, 3.8) is 0 Å². The van der Waals surface area contributed by atoms with Crippen molar-refractivity contribution in [2.24, 2.45) is 5.92 Å². The minimum absolute atomic E-state index is 0.0320. The molecule has 0 saturated carbocycles. The van der Waals surface area contributed by atoms with Crippen molar-refractivity contribution in [3.8, 4) is 0 Å². The molecule has 2 saturated heterocycles. The highest BCUT2D eigenvalue weighted by atomic mass is 127. The van der Waals surface area contributed by atoms with Crippen molar-refractivity contribution in [3.05, 3.63) is 0 Å². The Balaban J connectivity index is 2.06. The summed E-state index contributed by atoms with van der Waals surface area (Å²) in [5.74, 6) is 0.869. The molecule has 0 amide bonds. The van der Waals surface area contributed by atoms with Crippen LogP contribution in [0.1, 0.15) is 6.42 Å². The van der Waals surface area contributed by atoms with E-state index in [1.54, 1.807) is 0 Å². The van der Waals surface area contributed by atoms with Crippen molar-refractivity contribution in [1.29, 1.82) is 0 Å². The van der Waals surface area contributed by atoms with E-state index in [1.807, 2.05) is 0 Å². The summed E-state index contributed by atoms with van der Waals surface area (Å²) in [4.78, 5) is 2.29. The summed E-state index contributed by atoms with van der Waals surface area (Å²) in [7, 11) is -2.72. The molecule has 0 bridgehead atoms. The maximum absolute atomic E-state index is 11.6. The Kier molecular flexibility index (Phi) is 2.86. The van der Waals surface area contributed by atoms with Crippen molar-refractivity contribution in [2.45, 2.75) is 11.7 Å². The van der Waals surface area contributed by atoms with Gasteiger partial charge in [0.25, 0.3) is 0 Å².